The summed E-state index contributed by atoms with van der Waals surface area (Å²) in [6, 6.07) is 7.37. The molecule has 0 saturated carbocycles. The van der Waals surface area contributed by atoms with Crippen LogP contribution in [0.4, 0.5) is 4.39 Å². The molecule has 1 rings (SSSR count). The lowest BCUT2D eigenvalue weighted by atomic mass is 9.87. The minimum atomic E-state index is -0.159. The zero-order valence-electron chi connectivity index (χ0n) is 11.3. The lowest BCUT2D eigenvalue weighted by Gasteiger charge is -2.28. The fraction of sp³-hybridized carbons (Fsp3) is 0.600. The second-order valence-corrected chi connectivity index (χ2v) is 5.14. The van der Waals surface area contributed by atoms with Crippen molar-refractivity contribution in [2.45, 2.75) is 40.2 Å². The van der Waals surface area contributed by atoms with Crippen LogP contribution in [-0.4, -0.2) is 12.6 Å². The topological polar surface area (TPSA) is 12.0 Å². The van der Waals surface area contributed by atoms with Crippen molar-refractivity contribution in [1.82, 2.24) is 5.32 Å². The fourth-order valence-electron chi connectivity index (χ4n) is 2.45. The molecular formula is C15H24FN. The molecule has 2 unspecified atom stereocenters. The van der Waals surface area contributed by atoms with Gasteiger partial charge in [0, 0.05) is 6.04 Å². The molecule has 17 heavy (non-hydrogen) atoms. The van der Waals surface area contributed by atoms with Gasteiger partial charge in [0.25, 0.3) is 0 Å². The average Bonchev–Trinajstić information content (AvgIpc) is 2.28. The van der Waals surface area contributed by atoms with E-state index in [0.29, 0.717) is 17.9 Å². The van der Waals surface area contributed by atoms with E-state index in [1.165, 1.54) is 5.56 Å². The minimum Gasteiger partial charge on any atom is -0.314 e. The number of hydrogen-bond donors (Lipinski definition) is 1. The molecule has 96 valence electrons. The number of nitrogens with one attached hydrogen (secondary N) is 1. The largest absolute Gasteiger partial charge is 0.314 e. The molecule has 0 aliphatic heterocycles. The first-order valence-corrected chi connectivity index (χ1v) is 6.52. The lowest BCUT2D eigenvalue weighted by Crippen LogP contribution is -2.40. The fourth-order valence-corrected chi connectivity index (χ4v) is 2.45. The summed E-state index contributed by atoms with van der Waals surface area (Å²) in [6.45, 7) is 9.89. The predicted octanol–water partition coefficient (Wildman–Crippen LogP) is 3.64. The highest BCUT2D eigenvalue weighted by Crippen LogP contribution is 2.18. The highest BCUT2D eigenvalue weighted by molar-refractivity contribution is 5.16. The lowest BCUT2D eigenvalue weighted by molar-refractivity contribution is 0.302. The van der Waals surface area contributed by atoms with Gasteiger partial charge in [-0.2, -0.15) is 0 Å². The van der Waals surface area contributed by atoms with E-state index >= 15 is 0 Å². The minimum absolute atomic E-state index is 0.159. The Morgan fingerprint density at radius 1 is 1.12 bits per heavy atom. The van der Waals surface area contributed by atoms with Crippen LogP contribution in [0.5, 0.6) is 0 Å². The van der Waals surface area contributed by atoms with Crippen LogP contribution in [0.25, 0.3) is 0 Å². The third-order valence-electron chi connectivity index (χ3n) is 3.24. The molecule has 0 aliphatic rings. The van der Waals surface area contributed by atoms with Crippen LogP contribution in [0.1, 0.15) is 33.3 Å². The summed E-state index contributed by atoms with van der Waals surface area (Å²) in [4.78, 5) is 0. The van der Waals surface area contributed by atoms with Gasteiger partial charge in [0.15, 0.2) is 0 Å². The van der Waals surface area contributed by atoms with Crippen molar-refractivity contribution in [2.75, 3.05) is 6.54 Å². The Morgan fingerprint density at radius 2 is 1.71 bits per heavy atom. The first-order chi connectivity index (χ1) is 8.04. The summed E-state index contributed by atoms with van der Waals surface area (Å²) >= 11 is 0. The molecule has 0 aromatic heterocycles. The van der Waals surface area contributed by atoms with Crippen molar-refractivity contribution in [2.24, 2.45) is 11.8 Å². The van der Waals surface area contributed by atoms with Crippen LogP contribution < -0.4 is 5.32 Å². The van der Waals surface area contributed by atoms with Crippen LogP contribution in [0.15, 0.2) is 24.3 Å². The summed E-state index contributed by atoms with van der Waals surface area (Å²) in [5.41, 5.74) is 1.21. The van der Waals surface area contributed by atoms with Gasteiger partial charge in [0.1, 0.15) is 5.82 Å². The molecule has 0 radical (unpaired) electrons. The maximum Gasteiger partial charge on any atom is 0.123 e. The highest BCUT2D eigenvalue weighted by atomic mass is 19.1. The summed E-state index contributed by atoms with van der Waals surface area (Å²) in [5, 5.41) is 3.54. The van der Waals surface area contributed by atoms with Crippen molar-refractivity contribution in [3.05, 3.63) is 35.6 Å². The summed E-state index contributed by atoms with van der Waals surface area (Å²) < 4.78 is 12.8. The molecule has 0 fully saturated rings. The average molecular weight is 237 g/mol. The molecular weight excluding hydrogens is 213 g/mol. The summed E-state index contributed by atoms with van der Waals surface area (Å²) in [6.07, 6.45) is 0.996. The van der Waals surface area contributed by atoms with E-state index in [0.717, 1.165) is 13.0 Å². The molecule has 1 aromatic carbocycles. The van der Waals surface area contributed by atoms with Gasteiger partial charge < -0.3 is 5.32 Å². The Labute approximate surface area is 104 Å². The Bertz CT molecular complexity index is 318. The van der Waals surface area contributed by atoms with E-state index < -0.39 is 0 Å². The van der Waals surface area contributed by atoms with Crippen LogP contribution in [0.3, 0.4) is 0 Å². The van der Waals surface area contributed by atoms with Gasteiger partial charge in [0.05, 0.1) is 0 Å². The van der Waals surface area contributed by atoms with Crippen LogP contribution >= 0.6 is 0 Å². The van der Waals surface area contributed by atoms with Gasteiger partial charge in [-0.3, -0.25) is 0 Å². The van der Waals surface area contributed by atoms with E-state index in [4.69, 9.17) is 0 Å². The van der Waals surface area contributed by atoms with Gasteiger partial charge in [-0.25, -0.2) is 4.39 Å². The number of halogens is 1. The van der Waals surface area contributed by atoms with Gasteiger partial charge in [-0.1, -0.05) is 39.8 Å². The molecule has 1 N–H and O–H groups in total. The monoisotopic (exact) mass is 237 g/mol. The molecule has 0 saturated heterocycles. The van der Waals surface area contributed by atoms with Crippen LogP contribution in [0, 0.1) is 17.7 Å². The molecule has 0 bridgehead atoms. The Balaban J connectivity index is 2.62. The molecule has 0 amide bonds. The number of hydrogen-bond acceptors (Lipinski definition) is 1. The first-order valence-electron chi connectivity index (χ1n) is 6.52. The van der Waals surface area contributed by atoms with Crippen LogP contribution in [0.2, 0.25) is 0 Å². The highest BCUT2D eigenvalue weighted by Gasteiger charge is 2.19. The van der Waals surface area contributed by atoms with Crippen LogP contribution in [-0.2, 0) is 6.42 Å². The second-order valence-electron chi connectivity index (χ2n) is 5.14. The summed E-state index contributed by atoms with van der Waals surface area (Å²) in [7, 11) is 0. The van der Waals surface area contributed by atoms with E-state index in [9.17, 15) is 4.39 Å². The zero-order chi connectivity index (χ0) is 12.8. The predicted molar refractivity (Wildman–Crippen MR) is 71.6 cm³/mol. The molecule has 0 heterocycles. The molecule has 1 nitrogen and oxygen atoms in total. The smallest absolute Gasteiger partial charge is 0.123 e. The van der Waals surface area contributed by atoms with Gasteiger partial charge >= 0.3 is 0 Å². The quantitative estimate of drug-likeness (QED) is 0.796. The molecule has 0 spiro atoms. The third-order valence-corrected chi connectivity index (χ3v) is 3.24. The standard InChI is InChI=1S/C15H24FN/c1-5-17-15(11(2)3)12(4)10-13-6-8-14(16)9-7-13/h6-9,11-12,15,17H,5,10H2,1-4H3. The maximum atomic E-state index is 12.8. The molecule has 2 atom stereocenters. The van der Waals surface area contributed by atoms with E-state index in [-0.39, 0.29) is 5.82 Å². The Hall–Kier alpha value is -0.890. The molecule has 2 heteroatoms. The first kappa shape index (κ1) is 14.2. The van der Waals surface area contributed by atoms with Crippen molar-refractivity contribution >= 4 is 0 Å². The SMILES string of the molecule is CCNC(C(C)C)C(C)Cc1ccc(F)cc1. The van der Waals surface area contributed by atoms with Gasteiger partial charge in [0.2, 0.25) is 0 Å². The number of rotatable bonds is 6. The van der Waals surface area contributed by atoms with Gasteiger partial charge in [-0.15, -0.1) is 0 Å². The normalized spacial score (nSPS) is 14.9. The van der Waals surface area contributed by atoms with Crippen molar-refractivity contribution in [3.63, 3.8) is 0 Å². The Kier molecular flexibility index (Phi) is 5.63. The molecule has 0 aliphatic carbocycles. The van der Waals surface area contributed by atoms with Gasteiger partial charge in [-0.05, 0) is 42.5 Å². The van der Waals surface area contributed by atoms with E-state index in [1.807, 2.05) is 12.1 Å². The van der Waals surface area contributed by atoms with E-state index in [1.54, 1.807) is 12.1 Å². The van der Waals surface area contributed by atoms with Crippen molar-refractivity contribution in [3.8, 4) is 0 Å². The molecule has 1 aromatic rings. The zero-order valence-corrected chi connectivity index (χ0v) is 11.3. The summed E-state index contributed by atoms with van der Waals surface area (Å²) in [5.74, 6) is 1.01. The number of benzene rings is 1. The maximum absolute atomic E-state index is 12.8. The third kappa shape index (κ3) is 4.47. The Morgan fingerprint density at radius 3 is 2.18 bits per heavy atom. The second kappa shape index (κ2) is 6.75. The van der Waals surface area contributed by atoms with Crippen molar-refractivity contribution < 1.29 is 4.39 Å². The van der Waals surface area contributed by atoms with Crippen molar-refractivity contribution in [1.29, 1.82) is 0 Å². The van der Waals surface area contributed by atoms with E-state index in [2.05, 4.69) is 33.0 Å².